The van der Waals surface area contributed by atoms with Crippen LogP contribution in [0.15, 0.2) is 54.0 Å². The Labute approximate surface area is 142 Å². The SMILES string of the molecule is C=C(C)CN(CC)C(=O)CSc1nccn1-c1ccccc1C. The number of imidazole rings is 1. The smallest absolute Gasteiger partial charge is 0.233 e. The first-order chi connectivity index (χ1) is 11.0. The molecule has 0 saturated heterocycles. The molecule has 0 N–H and O–H groups in total. The number of likely N-dealkylation sites (N-methyl/N-ethyl adjacent to an activating group) is 1. The molecule has 1 aromatic heterocycles. The lowest BCUT2D eigenvalue weighted by Crippen LogP contribution is -2.33. The molecule has 122 valence electrons. The number of thioether (sulfide) groups is 1. The highest BCUT2D eigenvalue weighted by Gasteiger charge is 2.14. The van der Waals surface area contributed by atoms with Crippen molar-refractivity contribution in [3.63, 3.8) is 0 Å². The van der Waals surface area contributed by atoms with Gasteiger partial charge in [-0.2, -0.15) is 0 Å². The molecule has 1 amide bonds. The molecule has 23 heavy (non-hydrogen) atoms. The van der Waals surface area contributed by atoms with Gasteiger partial charge in [-0.1, -0.05) is 42.1 Å². The Morgan fingerprint density at radius 1 is 1.39 bits per heavy atom. The van der Waals surface area contributed by atoms with E-state index >= 15 is 0 Å². The number of para-hydroxylation sites is 1. The van der Waals surface area contributed by atoms with Crippen LogP contribution in [0.4, 0.5) is 0 Å². The van der Waals surface area contributed by atoms with Gasteiger partial charge in [0.15, 0.2) is 5.16 Å². The zero-order valence-electron chi connectivity index (χ0n) is 14.0. The third-order valence-electron chi connectivity index (χ3n) is 3.50. The van der Waals surface area contributed by atoms with Crippen molar-refractivity contribution in [2.45, 2.75) is 25.9 Å². The van der Waals surface area contributed by atoms with Gasteiger partial charge in [0.1, 0.15) is 0 Å². The number of benzene rings is 1. The summed E-state index contributed by atoms with van der Waals surface area (Å²) < 4.78 is 2.03. The van der Waals surface area contributed by atoms with Crippen molar-refractivity contribution in [1.29, 1.82) is 0 Å². The number of aryl methyl sites for hydroxylation is 1. The molecule has 0 bridgehead atoms. The fraction of sp³-hybridized carbons (Fsp3) is 0.333. The zero-order chi connectivity index (χ0) is 16.8. The lowest BCUT2D eigenvalue weighted by atomic mass is 10.2. The first-order valence-electron chi connectivity index (χ1n) is 7.67. The largest absolute Gasteiger partial charge is 0.338 e. The van der Waals surface area contributed by atoms with Gasteiger partial charge < -0.3 is 4.90 Å². The van der Waals surface area contributed by atoms with Crippen molar-refractivity contribution in [2.75, 3.05) is 18.8 Å². The Morgan fingerprint density at radius 3 is 2.78 bits per heavy atom. The second-order valence-corrected chi connectivity index (χ2v) is 6.46. The summed E-state index contributed by atoms with van der Waals surface area (Å²) in [6.07, 6.45) is 3.70. The van der Waals surface area contributed by atoms with Crippen LogP contribution in [0.1, 0.15) is 19.4 Å². The molecule has 1 aromatic carbocycles. The predicted molar refractivity (Wildman–Crippen MR) is 96.1 cm³/mol. The van der Waals surface area contributed by atoms with Crippen molar-refractivity contribution in [1.82, 2.24) is 14.5 Å². The summed E-state index contributed by atoms with van der Waals surface area (Å²) in [5.41, 5.74) is 3.26. The van der Waals surface area contributed by atoms with Gasteiger partial charge in [-0.05, 0) is 32.4 Å². The maximum absolute atomic E-state index is 12.3. The molecule has 0 aliphatic heterocycles. The van der Waals surface area contributed by atoms with E-state index in [-0.39, 0.29) is 5.91 Å². The summed E-state index contributed by atoms with van der Waals surface area (Å²) in [6.45, 7) is 11.2. The van der Waals surface area contributed by atoms with Crippen LogP contribution < -0.4 is 0 Å². The van der Waals surface area contributed by atoms with Crippen LogP contribution in [0, 0.1) is 6.92 Å². The summed E-state index contributed by atoms with van der Waals surface area (Å²) in [4.78, 5) is 18.6. The number of hydrogen-bond acceptors (Lipinski definition) is 3. The highest BCUT2D eigenvalue weighted by Crippen LogP contribution is 2.22. The van der Waals surface area contributed by atoms with E-state index in [2.05, 4.69) is 30.6 Å². The minimum absolute atomic E-state index is 0.111. The summed E-state index contributed by atoms with van der Waals surface area (Å²) >= 11 is 1.47. The molecule has 0 aliphatic carbocycles. The van der Waals surface area contributed by atoms with Crippen molar-refractivity contribution in [2.24, 2.45) is 0 Å². The fourth-order valence-corrected chi connectivity index (χ4v) is 3.20. The summed E-state index contributed by atoms with van der Waals surface area (Å²) in [6, 6.07) is 8.15. The van der Waals surface area contributed by atoms with E-state index < -0.39 is 0 Å². The topological polar surface area (TPSA) is 38.1 Å². The van der Waals surface area contributed by atoms with Gasteiger partial charge in [0.2, 0.25) is 5.91 Å². The quantitative estimate of drug-likeness (QED) is 0.574. The number of carbonyl (C=O) groups excluding carboxylic acids is 1. The van der Waals surface area contributed by atoms with Gasteiger partial charge >= 0.3 is 0 Å². The molecule has 0 unspecified atom stereocenters. The highest BCUT2D eigenvalue weighted by atomic mass is 32.2. The number of carbonyl (C=O) groups is 1. The molecule has 0 atom stereocenters. The van der Waals surface area contributed by atoms with Crippen LogP contribution in [0.2, 0.25) is 0 Å². The van der Waals surface area contributed by atoms with Gasteiger partial charge in [-0.3, -0.25) is 9.36 Å². The summed E-state index contributed by atoms with van der Waals surface area (Å²) in [5.74, 6) is 0.490. The third-order valence-corrected chi connectivity index (χ3v) is 4.45. The van der Waals surface area contributed by atoms with E-state index in [1.54, 1.807) is 6.20 Å². The lowest BCUT2D eigenvalue weighted by Gasteiger charge is -2.20. The monoisotopic (exact) mass is 329 g/mol. The second kappa shape index (κ2) is 8.02. The van der Waals surface area contributed by atoms with Crippen LogP contribution in [-0.4, -0.2) is 39.2 Å². The minimum atomic E-state index is 0.111. The second-order valence-electron chi connectivity index (χ2n) is 5.52. The average Bonchev–Trinajstić information content (AvgIpc) is 2.98. The maximum atomic E-state index is 12.3. The number of hydrogen-bond donors (Lipinski definition) is 0. The van der Waals surface area contributed by atoms with Gasteiger partial charge in [0.05, 0.1) is 11.4 Å². The highest BCUT2D eigenvalue weighted by molar-refractivity contribution is 7.99. The van der Waals surface area contributed by atoms with E-state index in [4.69, 9.17) is 0 Å². The Kier molecular flexibility index (Phi) is 6.04. The molecule has 0 spiro atoms. The molecule has 1 heterocycles. The minimum Gasteiger partial charge on any atom is -0.338 e. The standard InChI is InChI=1S/C18H23N3OS/c1-5-20(12-14(2)3)17(22)13-23-18-19-10-11-21(18)16-9-7-6-8-15(16)4/h6-11H,2,5,12-13H2,1,3-4H3. The normalized spacial score (nSPS) is 10.6. The van der Waals surface area contributed by atoms with Crippen LogP contribution in [0.5, 0.6) is 0 Å². The Hall–Kier alpha value is -2.01. The number of aromatic nitrogens is 2. The van der Waals surface area contributed by atoms with Crippen molar-refractivity contribution >= 4 is 17.7 Å². The molecule has 2 rings (SSSR count). The Balaban J connectivity index is 2.08. The van der Waals surface area contributed by atoms with E-state index in [1.807, 2.05) is 41.6 Å². The van der Waals surface area contributed by atoms with Gasteiger partial charge in [0, 0.05) is 25.5 Å². The van der Waals surface area contributed by atoms with Crippen LogP contribution in [-0.2, 0) is 4.79 Å². The number of nitrogens with zero attached hydrogens (tertiary/aromatic N) is 3. The van der Waals surface area contributed by atoms with Crippen LogP contribution in [0.3, 0.4) is 0 Å². The van der Waals surface area contributed by atoms with E-state index in [9.17, 15) is 4.79 Å². The lowest BCUT2D eigenvalue weighted by molar-refractivity contribution is -0.127. The summed E-state index contributed by atoms with van der Waals surface area (Å²) in [7, 11) is 0. The first-order valence-corrected chi connectivity index (χ1v) is 8.65. The molecule has 2 aromatic rings. The van der Waals surface area contributed by atoms with E-state index in [1.165, 1.54) is 17.3 Å². The molecule has 0 radical (unpaired) electrons. The van der Waals surface area contributed by atoms with E-state index in [0.29, 0.717) is 18.8 Å². The van der Waals surface area contributed by atoms with Crippen LogP contribution >= 0.6 is 11.8 Å². The number of rotatable bonds is 7. The Morgan fingerprint density at radius 2 is 2.13 bits per heavy atom. The van der Waals surface area contributed by atoms with Crippen LogP contribution in [0.25, 0.3) is 5.69 Å². The van der Waals surface area contributed by atoms with Crippen molar-refractivity contribution in [3.8, 4) is 5.69 Å². The third kappa shape index (κ3) is 4.48. The van der Waals surface area contributed by atoms with Crippen molar-refractivity contribution < 1.29 is 4.79 Å². The van der Waals surface area contributed by atoms with E-state index in [0.717, 1.165) is 16.4 Å². The fourth-order valence-electron chi connectivity index (χ4n) is 2.33. The average molecular weight is 329 g/mol. The Bertz CT molecular complexity index is 693. The predicted octanol–water partition coefficient (Wildman–Crippen LogP) is 3.70. The zero-order valence-corrected chi connectivity index (χ0v) is 14.8. The van der Waals surface area contributed by atoms with Crippen molar-refractivity contribution in [3.05, 3.63) is 54.4 Å². The molecular formula is C18H23N3OS. The first kappa shape index (κ1) is 17.3. The van der Waals surface area contributed by atoms with Gasteiger partial charge in [-0.25, -0.2) is 4.98 Å². The summed E-state index contributed by atoms with van der Waals surface area (Å²) in [5, 5.41) is 0.832. The van der Waals surface area contributed by atoms with Gasteiger partial charge in [-0.15, -0.1) is 0 Å². The number of amides is 1. The molecule has 0 saturated carbocycles. The molecule has 4 nitrogen and oxygen atoms in total. The maximum Gasteiger partial charge on any atom is 0.233 e. The van der Waals surface area contributed by atoms with Gasteiger partial charge in [0.25, 0.3) is 0 Å². The molecule has 5 heteroatoms. The molecule has 0 fully saturated rings. The molecule has 0 aliphatic rings. The molecular weight excluding hydrogens is 306 g/mol.